The molecule has 4 aliphatic rings. The molecule has 6 aromatic carbocycles. The van der Waals surface area contributed by atoms with Gasteiger partial charge in [-0.05, 0) is 123 Å². The normalized spacial score (nSPS) is 20.0. The lowest BCUT2D eigenvalue weighted by Gasteiger charge is -2.52. The Bertz CT molecular complexity index is 2900. The lowest BCUT2D eigenvalue weighted by molar-refractivity contribution is 0.195. The van der Waals surface area contributed by atoms with Gasteiger partial charge in [0.1, 0.15) is 0 Å². The molecule has 4 heteroatoms. The van der Waals surface area contributed by atoms with Gasteiger partial charge >= 0.3 is 0 Å². The number of hydrogen-bond acceptors (Lipinski definition) is 2. The molecule has 2 unspecified atom stereocenters. The first kappa shape index (κ1) is 39.4. The first-order valence-corrected chi connectivity index (χ1v) is 23.3. The van der Waals surface area contributed by atoms with Gasteiger partial charge in [0.15, 0.2) is 0 Å². The van der Waals surface area contributed by atoms with E-state index in [1.807, 2.05) is 0 Å². The molecule has 11 rings (SSSR count). The van der Waals surface area contributed by atoms with Crippen LogP contribution < -0.4 is 26.2 Å². The molecule has 2 atom stereocenters. The summed E-state index contributed by atoms with van der Waals surface area (Å²) in [7, 11) is 0. The molecule has 0 spiro atoms. The molecule has 0 N–H and O–H groups in total. The van der Waals surface area contributed by atoms with Crippen LogP contribution in [0.4, 0.5) is 28.4 Å². The second-order valence-corrected chi connectivity index (χ2v) is 22.6. The van der Waals surface area contributed by atoms with Crippen LogP contribution >= 0.6 is 0 Å². The van der Waals surface area contributed by atoms with Crippen LogP contribution in [-0.4, -0.2) is 16.8 Å². The van der Waals surface area contributed by atoms with E-state index < -0.39 is 0 Å². The molecule has 3 nitrogen and oxygen atoms in total. The standard InChI is InChI=1S/C58H62BN3/c1-54(2,3)38-31-43-49(56(7,8)9)51(37-23-15-12-16-24-37)61-47-35-42(60(40-25-17-13-18-26-40)41-27-19-14-20-28-41)36-48-50(47)59(45(33-38)52(43)61)46-34-39(55(4,5)6)32-44-53(46)62(48)58(11)30-22-21-29-57(44,58)10/h12-20,23-28,31-36H,21-22,29-30H2,1-11H3. The highest BCUT2D eigenvalue weighted by Gasteiger charge is 2.61. The van der Waals surface area contributed by atoms with Crippen LogP contribution in [-0.2, 0) is 21.7 Å². The van der Waals surface area contributed by atoms with Gasteiger partial charge in [-0.1, -0.05) is 167 Å². The van der Waals surface area contributed by atoms with E-state index in [0.717, 1.165) is 17.8 Å². The maximum atomic E-state index is 2.91. The van der Waals surface area contributed by atoms with Crippen LogP contribution in [0.3, 0.4) is 0 Å². The van der Waals surface area contributed by atoms with Gasteiger partial charge in [0, 0.05) is 44.8 Å². The van der Waals surface area contributed by atoms with Gasteiger partial charge < -0.3 is 14.4 Å². The fourth-order valence-corrected chi connectivity index (χ4v) is 12.3. The maximum absolute atomic E-state index is 2.91. The average Bonchev–Trinajstić information content (AvgIpc) is 3.70. The van der Waals surface area contributed by atoms with E-state index in [2.05, 4.69) is 218 Å². The lowest BCUT2D eigenvalue weighted by atomic mass is 9.33. The van der Waals surface area contributed by atoms with Crippen molar-refractivity contribution in [3.63, 3.8) is 0 Å². The Balaban J connectivity index is 1.38. The zero-order valence-corrected chi connectivity index (χ0v) is 38.9. The van der Waals surface area contributed by atoms with Crippen molar-refractivity contribution < 1.29 is 0 Å². The summed E-state index contributed by atoms with van der Waals surface area (Å²) in [6, 6.07) is 49.0. The number of hydrogen-bond donors (Lipinski definition) is 0. The number of anilines is 5. The minimum Gasteiger partial charge on any atom is -0.335 e. The molecule has 1 aliphatic carbocycles. The van der Waals surface area contributed by atoms with Crippen molar-refractivity contribution in [1.82, 2.24) is 4.57 Å². The van der Waals surface area contributed by atoms with Crippen molar-refractivity contribution >= 4 is 62.4 Å². The Labute approximate surface area is 370 Å². The summed E-state index contributed by atoms with van der Waals surface area (Å²) in [6.07, 6.45) is 4.87. The Morgan fingerprint density at radius 1 is 0.565 bits per heavy atom. The quantitative estimate of drug-likeness (QED) is 0.164. The molecule has 4 heterocycles. The number of rotatable bonds is 4. The van der Waals surface area contributed by atoms with Crippen LogP contribution in [0.2, 0.25) is 0 Å². The van der Waals surface area contributed by atoms with Crippen molar-refractivity contribution in [1.29, 1.82) is 0 Å². The average molecular weight is 812 g/mol. The van der Waals surface area contributed by atoms with Gasteiger partial charge in [-0.3, -0.25) is 0 Å². The monoisotopic (exact) mass is 812 g/mol. The molecule has 62 heavy (non-hydrogen) atoms. The summed E-state index contributed by atoms with van der Waals surface area (Å²) in [5.74, 6) is 0. The first-order chi connectivity index (χ1) is 29.4. The zero-order valence-electron chi connectivity index (χ0n) is 38.9. The highest BCUT2D eigenvalue weighted by molar-refractivity contribution is 7.00. The summed E-state index contributed by atoms with van der Waals surface area (Å²) in [5, 5.41) is 1.39. The maximum Gasteiger partial charge on any atom is 0.252 e. The molecule has 3 aliphatic heterocycles. The molecule has 0 saturated heterocycles. The number of aromatic nitrogens is 1. The van der Waals surface area contributed by atoms with E-state index in [1.54, 1.807) is 5.56 Å². The van der Waals surface area contributed by atoms with Crippen molar-refractivity contribution in [2.45, 2.75) is 129 Å². The molecule has 0 bridgehead atoms. The molecule has 1 aromatic heterocycles. The third kappa shape index (κ3) is 5.37. The van der Waals surface area contributed by atoms with Gasteiger partial charge in [0.2, 0.25) is 0 Å². The van der Waals surface area contributed by atoms with E-state index >= 15 is 0 Å². The SMILES string of the molecule is CC(C)(C)c1cc2c3c(c1)C1(C)CCCCC1(C)N3c1cc(N(c3ccccc3)c3ccccc3)cc3c1B2c1cc(C(C)(C)C)cc2c(C(C)(C)C)c(-c4ccccc4)n-3c12. The molecule has 1 saturated carbocycles. The van der Waals surface area contributed by atoms with Gasteiger partial charge in [0.05, 0.1) is 16.9 Å². The zero-order chi connectivity index (χ0) is 43.3. The number of benzene rings is 6. The largest absolute Gasteiger partial charge is 0.335 e. The summed E-state index contributed by atoms with van der Waals surface area (Å²) in [5.41, 5.74) is 21.5. The molecular formula is C58H62BN3. The van der Waals surface area contributed by atoms with Crippen LogP contribution in [0.5, 0.6) is 0 Å². The summed E-state index contributed by atoms with van der Waals surface area (Å²) in [4.78, 5) is 5.40. The van der Waals surface area contributed by atoms with Crippen LogP contribution in [0, 0.1) is 0 Å². The second kappa shape index (κ2) is 13.0. The fraction of sp³-hybridized carbons (Fsp3) is 0.345. The van der Waals surface area contributed by atoms with Crippen LogP contribution in [0.15, 0.2) is 127 Å². The smallest absolute Gasteiger partial charge is 0.252 e. The molecule has 7 aromatic rings. The van der Waals surface area contributed by atoms with E-state index in [9.17, 15) is 0 Å². The van der Waals surface area contributed by atoms with Gasteiger partial charge in [0.25, 0.3) is 6.71 Å². The molecule has 0 amide bonds. The third-order valence-electron chi connectivity index (χ3n) is 15.7. The minimum absolute atomic E-state index is 0.00195. The second-order valence-electron chi connectivity index (χ2n) is 22.6. The Kier molecular flexibility index (Phi) is 8.28. The third-order valence-corrected chi connectivity index (χ3v) is 15.7. The fourth-order valence-electron chi connectivity index (χ4n) is 12.3. The van der Waals surface area contributed by atoms with Crippen LogP contribution in [0.1, 0.15) is 124 Å². The van der Waals surface area contributed by atoms with Crippen LogP contribution in [0.25, 0.3) is 27.8 Å². The van der Waals surface area contributed by atoms with Crippen molar-refractivity contribution in [3.05, 3.63) is 150 Å². The van der Waals surface area contributed by atoms with Crippen molar-refractivity contribution in [2.24, 2.45) is 0 Å². The van der Waals surface area contributed by atoms with Gasteiger partial charge in [-0.2, -0.15) is 0 Å². The molecule has 0 radical (unpaired) electrons. The molecule has 1 fully saturated rings. The van der Waals surface area contributed by atoms with E-state index in [0.29, 0.717) is 0 Å². The van der Waals surface area contributed by atoms with Gasteiger partial charge in [-0.25, -0.2) is 0 Å². The molecular weight excluding hydrogens is 749 g/mol. The summed E-state index contributed by atoms with van der Waals surface area (Å²) >= 11 is 0. The predicted octanol–water partition coefficient (Wildman–Crippen LogP) is 13.5. The highest BCUT2D eigenvalue weighted by Crippen LogP contribution is 2.62. The molecule has 312 valence electrons. The van der Waals surface area contributed by atoms with Gasteiger partial charge in [-0.15, -0.1) is 0 Å². The number of nitrogens with zero attached hydrogens (tertiary/aromatic N) is 3. The minimum atomic E-state index is -0.136. The Hall–Kier alpha value is -5.48. The highest BCUT2D eigenvalue weighted by atomic mass is 15.3. The summed E-state index contributed by atoms with van der Waals surface area (Å²) < 4.78 is 2.73. The number of para-hydroxylation sites is 2. The topological polar surface area (TPSA) is 11.4 Å². The summed E-state index contributed by atoms with van der Waals surface area (Å²) in [6.45, 7) is 27.0. The predicted molar refractivity (Wildman–Crippen MR) is 267 cm³/mol. The van der Waals surface area contributed by atoms with E-state index in [1.165, 1.54) is 97.3 Å². The van der Waals surface area contributed by atoms with Crippen molar-refractivity contribution in [2.75, 3.05) is 9.80 Å². The number of fused-ring (bicyclic) bond motifs is 7. The lowest BCUT2D eigenvalue weighted by Crippen LogP contribution is -2.64. The van der Waals surface area contributed by atoms with E-state index in [-0.39, 0.29) is 33.9 Å². The van der Waals surface area contributed by atoms with Crippen molar-refractivity contribution in [3.8, 4) is 16.9 Å². The Morgan fingerprint density at radius 3 is 1.71 bits per heavy atom. The first-order valence-electron chi connectivity index (χ1n) is 23.3. The Morgan fingerprint density at radius 2 is 1.11 bits per heavy atom. The van der Waals surface area contributed by atoms with E-state index in [4.69, 9.17) is 0 Å².